The number of nitrogens with zero attached hydrogens (tertiary/aromatic N) is 1. The number of furan rings is 1. The maximum absolute atomic E-state index is 6.69. The fraction of sp³-hybridized carbons (Fsp3) is 0. The van der Waals surface area contributed by atoms with Gasteiger partial charge in [-0.25, -0.2) is 0 Å². The van der Waals surface area contributed by atoms with Gasteiger partial charge in [0.1, 0.15) is 11.2 Å². The van der Waals surface area contributed by atoms with E-state index in [2.05, 4.69) is 205 Å². The Morgan fingerprint density at radius 3 is 1.81 bits per heavy atom. The molecule has 0 spiro atoms. The Balaban J connectivity index is 1.03. The van der Waals surface area contributed by atoms with E-state index in [0.717, 1.165) is 44.4 Å². The van der Waals surface area contributed by atoms with Gasteiger partial charge in [-0.15, -0.1) is 11.3 Å². The molecule has 0 saturated heterocycles. The highest BCUT2D eigenvalue weighted by Crippen LogP contribution is 2.46. The lowest BCUT2D eigenvalue weighted by molar-refractivity contribution is 0.672. The minimum absolute atomic E-state index is 0.871. The molecule has 12 rings (SSSR count). The largest absolute Gasteiger partial charge is 0.455 e. The van der Waals surface area contributed by atoms with Gasteiger partial charge in [0.25, 0.3) is 0 Å². The minimum atomic E-state index is 0.871. The topological polar surface area (TPSA) is 16.4 Å². The van der Waals surface area contributed by atoms with E-state index in [4.69, 9.17) is 4.42 Å². The molecule has 0 saturated carbocycles. The Morgan fingerprint density at radius 2 is 1.00 bits per heavy atom. The Hall–Kier alpha value is -7.20. The van der Waals surface area contributed by atoms with Crippen molar-refractivity contribution in [2.75, 3.05) is 4.90 Å². The van der Waals surface area contributed by atoms with E-state index in [0.29, 0.717) is 0 Å². The van der Waals surface area contributed by atoms with Gasteiger partial charge in [-0.3, -0.25) is 0 Å². The normalized spacial score (nSPS) is 11.9. The van der Waals surface area contributed by atoms with E-state index in [1.165, 1.54) is 69.4 Å². The summed E-state index contributed by atoms with van der Waals surface area (Å²) in [4.78, 5) is 2.38. The van der Waals surface area contributed by atoms with Crippen LogP contribution in [0.5, 0.6) is 0 Å². The average Bonchev–Trinajstić information content (AvgIpc) is 3.86. The molecule has 2 aromatic heterocycles. The maximum Gasteiger partial charge on any atom is 0.143 e. The van der Waals surface area contributed by atoms with Crippen LogP contribution in [0, 0.1) is 0 Å². The van der Waals surface area contributed by atoms with E-state index in [1.54, 1.807) is 0 Å². The van der Waals surface area contributed by atoms with Crippen LogP contribution in [0.25, 0.3) is 96.7 Å². The van der Waals surface area contributed by atoms with Crippen LogP contribution in [0.4, 0.5) is 17.1 Å². The van der Waals surface area contributed by atoms with Crippen LogP contribution >= 0.6 is 11.3 Å². The lowest BCUT2D eigenvalue weighted by Gasteiger charge is -2.27. The third-order valence-electron chi connectivity index (χ3n) is 11.6. The van der Waals surface area contributed by atoms with Gasteiger partial charge in [0.2, 0.25) is 0 Å². The highest BCUT2D eigenvalue weighted by molar-refractivity contribution is 7.25. The first-order chi connectivity index (χ1) is 28.2. The molecule has 0 aliphatic heterocycles. The van der Waals surface area contributed by atoms with E-state index < -0.39 is 0 Å². The molecule has 0 fully saturated rings. The van der Waals surface area contributed by atoms with Gasteiger partial charge in [0, 0.05) is 42.3 Å². The number of fused-ring (bicyclic) bond motifs is 11. The summed E-state index contributed by atoms with van der Waals surface area (Å²) in [5.74, 6) is 0. The highest BCUT2D eigenvalue weighted by Gasteiger charge is 2.21. The zero-order valence-electron chi connectivity index (χ0n) is 30.8. The summed E-state index contributed by atoms with van der Waals surface area (Å²) in [6.45, 7) is 0. The van der Waals surface area contributed by atoms with Crippen molar-refractivity contribution in [3.05, 3.63) is 200 Å². The van der Waals surface area contributed by atoms with Crippen molar-refractivity contribution in [3.8, 4) is 22.3 Å². The summed E-state index contributed by atoms with van der Waals surface area (Å²) in [6.07, 6.45) is 0. The molecule has 2 heterocycles. The van der Waals surface area contributed by atoms with E-state index >= 15 is 0 Å². The van der Waals surface area contributed by atoms with Crippen molar-refractivity contribution in [2.45, 2.75) is 0 Å². The molecule has 0 N–H and O–H groups in total. The summed E-state index contributed by atoms with van der Waals surface area (Å²) >= 11 is 1.86. The molecule has 0 atom stereocenters. The lowest BCUT2D eigenvalue weighted by Crippen LogP contribution is -2.10. The zero-order valence-corrected chi connectivity index (χ0v) is 31.6. The molecule has 0 aliphatic carbocycles. The summed E-state index contributed by atoms with van der Waals surface area (Å²) in [6, 6.07) is 72.8. The second kappa shape index (κ2) is 12.7. The number of benzene rings is 10. The third-order valence-corrected chi connectivity index (χ3v) is 12.8. The molecular weight excluding hydrogens is 711 g/mol. The maximum atomic E-state index is 6.69. The quantitative estimate of drug-likeness (QED) is 0.163. The van der Waals surface area contributed by atoms with Gasteiger partial charge in [0.15, 0.2) is 0 Å². The molecule has 266 valence electrons. The Labute approximate surface area is 333 Å². The first-order valence-electron chi connectivity index (χ1n) is 19.4. The molecule has 3 heteroatoms. The highest BCUT2D eigenvalue weighted by atomic mass is 32.1. The van der Waals surface area contributed by atoms with Crippen molar-refractivity contribution >= 4 is 103 Å². The predicted octanol–water partition coefficient (Wildman–Crippen LogP) is 16.2. The standard InChI is InChI=1S/C54H33NOS/c1-4-13-42-35(10-1)24-30-46-53-49(17-9-18-50(53)56-54(42)46)55(39-26-20-34(21-27-39)37-25-31-52-48(32-37)45-16-7-8-19-51(45)57-52)40-28-22-36(23-29-40)47-33-38-11-2-3-12-41(38)43-14-5-6-15-44(43)47/h1-33H. The number of thiophene rings is 1. The average molecular weight is 744 g/mol. The Morgan fingerprint density at radius 1 is 0.368 bits per heavy atom. The number of anilines is 3. The SMILES string of the molecule is c1ccc2c(c1)cc(-c1ccc(N(c3ccc(-c4ccc5sc6ccccc6c5c4)cc3)c3cccc4oc5c6ccccc6ccc5c34)cc1)c1ccccc12. The van der Waals surface area contributed by atoms with Crippen LogP contribution in [0.2, 0.25) is 0 Å². The minimum Gasteiger partial charge on any atom is -0.455 e. The fourth-order valence-corrected chi connectivity index (χ4v) is 10.0. The van der Waals surface area contributed by atoms with Gasteiger partial charge in [-0.1, -0.05) is 133 Å². The van der Waals surface area contributed by atoms with Crippen molar-refractivity contribution in [1.29, 1.82) is 0 Å². The number of hydrogen-bond acceptors (Lipinski definition) is 3. The fourth-order valence-electron chi connectivity index (χ4n) is 8.94. The third kappa shape index (κ3) is 5.10. The monoisotopic (exact) mass is 743 g/mol. The summed E-state index contributed by atoms with van der Waals surface area (Å²) in [7, 11) is 0. The van der Waals surface area contributed by atoms with E-state index in [9.17, 15) is 0 Å². The van der Waals surface area contributed by atoms with Crippen molar-refractivity contribution in [3.63, 3.8) is 0 Å². The molecule has 10 aromatic carbocycles. The van der Waals surface area contributed by atoms with E-state index in [-0.39, 0.29) is 0 Å². The molecule has 0 aliphatic rings. The van der Waals surface area contributed by atoms with Gasteiger partial charge < -0.3 is 9.32 Å². The molecule has 12 aromatic rings. The first-order valence-corrected chi connectivity index (χ1v) is 20.2. The second-order valence-electron chi connectivity index (χ2n) is 14.8. The number of rotatable bonds is 5. The number of hydrogen-bond donors (Lipinski definition) is 0. The second-order valence-corrected chi connectivity index (χ2v) is 15.9. The van der Waals surface area contributed by atoms with Gasteiger partial charge >= 0.3 is 0 Å². The van der Waals surface area contributed by atoms with Crippen LogP contribution in [0.3, 0.4) is 0 Å². The molecule has 0 amide bonds. The van der Waals surface area contributed by atoms with Crippen LogP contribution in [0.15, 0.2) is 205 Å². The molecular formula is C54H33NOS. The van der Waals surface area contributed by atoms with Crippen LogP contribution in [-0.4, -0.2) is 0 Å². The van der Waals surface area contributed by atoms with Gasteiger partial charge in [-0.2, -0.15) is 0 Å². The predicted molar refractivity (Wildman–Crippen MR) is 245 cm³/mol. The molecule has 0 bridgehead atoms. The van der Waals surface area contributed by atoms with Crippen LogP contribution < -0.4 is 4.90 Å². The van der Waals surface area contributed by atoms with Gasteiger partial charge in [-0.05, 0) is 116 Å². The zero-order chi connectivity index (χ0) is 37.5. The molecule has 0 unspecified atom stereocenters. The Kier molecular flexibility index (Phi) is 7.13. The summed E-state index contributed by atoms with van der Waals surface area (Å²) < 4.78 is 9.33. The van der Waals surface area contributed by atoms with E-state index in [1.807, 2.05) is 11.3 Å². The Bertz CT molecular complexity index is 3520. The lowest BCUT2D eigenvalue weighted by atomic mass is 9.93. The smallest absolute Gasteiger partial charge is 0.143 e. The molecule has 2 nitrogen and oxygen atoms in total. The van der Waals surface area contributed by atoms with Crippen LogP contribution in [0.1, 0.15) is 0 Å². The van der Waals surface area contributed by atoms with Crippen molar-refractivity contribution < 1.29 is 4.42 Å². The van der Waals surface area contributed by atoms with Crippen LogP contribution in [-0.2, 0) is 0 Å². The van der Waals surface area contributed by atoms with Crippen molar-refractivity contribution in [2.24, 2.45) is 0 Å². The summed E-state index contributed by atoms with van der Waals surface area (Å²) in [5, 5.41) is 12.2. The van der Waals surface area contributed by atoms with Gasteiger partial charge in [0.05, 0.1) is 11.1 Å². The summed E-state index contributed by atoms with van der Waals surface area (Å²) in [5.41, 5.74) is 9.83. The molecule has 0 radical (unpaired) electrons. The van der Waals surface area contributed by atoms with Crippen molar-refractivity contribution in [1.82, 2.24) is 0 Å². The first kappa shape index (κ1) is 32.1. The molecule has 57 heavy (non-hydrogen) atoms.